The lowest BCUT2D eigenvalue weighted by Crippen LogP contribution is -2.64. The van der Waals surface area contributed by atoms with Crippen molar-refractivity contribution in [3.8, 4) is 11.7 Å². The van der Waals surface area contributed by atoms with Gasteiger partial charge in [-0.2, -0.15) is 4.98 Å². The lowest BCUT2D eigenvalue weighted by Gasteiger charge is -2.40. The summed E-state index contributed by atoms with van der Waals surface area (Å²) < 4.78 is 7.26. The molecule has 7 nitrogen and oxygen atoms in total. The van der Waals surface area contributed by atoms with Crippen LogP contribution in [-0.4, -0.2) is 44.5 Å². The van der Waals surface area contributed by atoms with E-state index in [1.165, 1.54) is 0 Å². The molecule has 0 bridgehead atoms. The van der Waals surface area contributed by atoms with Crippen molar-refractivity contribution in [2.75, 3.05) is 13.1 Å². The summed E-state index contributed by atoms with van der Waals surface area (Å²) in [7, 11) is 0. The number of hydrogen-bond acceptors (Lipinski definition) is 5. The third-order valence-electron chi connectivity index (χ3n) is 3.17. The van der Waals surface area contributed by atoms with E-state index in [9.17, 15) is 4.79 Å². The van der Waals surface area contributed by atoms with Crippen LogP contribution in [0.1, 0.15) is 6.42 Å². The molecule has 1 saturated heterocycles. The molecule has 1 fully saturated rings. The summed E-state index contributed by atoms with van der Waals surface area (Å²) >= 11 is 0. The van der Waals surface area contributed by atoms with Crippen molar-refractivity contribution < 1.29 is 14.6 Å². The molecule has 0 unspecified atom stereocenters. The third kappa shape index (κ3) is 2.48. The van der Waals surface area contributed by atoms with E-state index in [0.717, 1.165) is 5.69 Å². The average Bonchev–Trinajstić information content (AvgIpc) is 2.85. The summed E-state index contributed by atoms with van der Waals surface area (Å²) in [4.78, 5) is 14.9. The summed E-state index contributed by atoms with van der Waals surface area (Å²) in [5.74, 6) is -0.894. The van der Waals surface area contributed by atoms with Gasteiger partial charge < -0.3 is 15.2 Å². The molecular weight excluding hydrogens is 260 g/mol. The predicted molar refractivity (Wildman–Crippen MR) is 69.8 cm³/mol. The number of aliphatic carboxylic acids is 1. The number of nitrogens with one attached hydrogen (secondary N) is 1. The minimum absolute atomic E-state index is 0.0696. The maximum absolute atomic E-state index is 10.9. The number of carboxylic acids is 1. The van der Waals surface area contributed by atoms with Crippen molar-refractivity contribution in [3.63, 3.8) is 0 Å². The van der Waals surface area contributed by atoms with Crippen LogP contribution < -0.4 is 10.1 Å². The van der Waals surface area contributed by atoms with E-state index >= 15 is 0 Å². The van der Waals surface area contributed by atoms with Gasteiger partial charge in [0.1, 0.15) is 11.9 Å². The van der Waals surface area contributed by atoms with E-state index in [2.05, 4.69) is 15.4 Å². The van der Waals surface area contributed by atoms with E-state index < -0.39 is 11.6 Å². The van der Waals surface area contributed by atoms with Gasteiger partial charge in [0, 0.05) is 13.1 Å². The van der Waals surface area contributed by atoms with Crippen LogP contribution in [0.3, 0.4) is 0 Å². The molecule has 1 aliphatic heterocycles. The van der Waals surface area contributed by atoms with E-state index in [1.54, 1.807) is 11.0 Å². The monoisotopic (exact) mass is 274 g/mol. The van der Waals surface area contributed by atoms with Crippen molar-refractivity contribution in [1.82, 2.24) is 20.1 Å². The number of carbonyl (C=O) groups is 1. The highest BCUT2D eigenvalue weighted by molar-refractivity contribution is 5.68. The summed E-state index contributed by atoms with van der Waals surface area (Å²) in [6.45, 7) is 0.971. The molecule has 2 heterocycles. The molecule has 0 spiro atoms. The Bertz CT molecular complexity index is 607. The highest BCUT2D eigenvalue weighted by atomic mass is 16.5. The third-order valence-corrected chi connectivity index (χ3v) is 3.17. The average molecular weight is 274 g/mol. The van der Waals surface area contributed by atoms with Gasteiger partial charge in [-0.25, -0.2) is 4.68 Å². The number of hydrogen-bond donors (Lipinski definition) is 2. The molecule has 0 saturated carbocycles. The van der Waals surface area contributed by atoms with Crippen molar-refractivity contribution in [1.29, 1.82) is 0 Å². The molecule has 104 valence electrons. The fourth-order valence-corrected chi connectivity index (χ4v) is 2.11. The molecule has 20 heavy (non-hydrogen) atoms. The van der Waals surface area contributed by atoms with Crippen LogP contribution in [0.2, 0.25) is 0 Å². The Balaban J connectivity index is 1.76. The molecule has 0 aliphatic carbocycles. The van der Waals surface area contributed by atoms with Gasteiger partial charge in [0.15, 0.2) is 0 Å². The van der Waals surface area contributed by atoms with Crippen LogP contribution in [0, 0.1) is 0 Å². The zero-order chi connectivity index (χ0) is 14.0. The van der Waals surface area contributed by atoms with Crippen molar-refractivity contribution >= 4 is 5.97 Å². The van der Waals surface area contributed by atoms with Crippen molar-refractivity contribution in [3.05, 3.63) is 36.7 Å². The van der Waals surface area contributed by atoms with E-state index in [-0.39, 0.29) is 12.4 Å². The first-order chi connectivity index (χ1) is 9.67. The van der Waals surface area contributed by atoms with Gasteiger partial charge in [-0.05, 0) is 12.1 Å². The number of para-hydroxylation sites is 1. The van der Waals surface area contributed by atoms with Crippen molar-refractivity contribution in [2.24, 2.45) is 0 Å². The minimum atomic E-state index is -0.894. The SMILES string of the molecule is O=C(O)CC1(Oc2ncn(-c3ccccc3)n2)CNC1. The zero-order valence-electron chi connectivity index (χ0n) is 10.7. The van der Waals surface area contributed by atoms with E-state index in [4.69, 9.17) is 9.84 Å². The standard InChI is InChI=1S/C13H14N4O3/c18-11(19)6-13(7-14-8-13)20-12-15-9-17(16-12)10-4-2-1-3-5-10/h1-5,9,14H,6-8H2,(H,18,19). The Labute approximate surface area is 115 Å². The van der Waals surface area contributed by atoms with Crippen LogP contribution in [0.15, 0.2) is 36.7 Å². The number of nitrogens with zero attached hydrogens (tertiary/aromatic N) is 3. The van der Waals surface area contributed by atoms with Crippen LogP contribution >= 0.6 is 0 Å². The second kappa shape index (κ2) is 4.93. The lowest BCUT2D eigenvalue weighted by molar-refractivity contribution is -0.143. The summed E-state index contributed by atoms with van der Waals surface area (Å²) in [5.41, 5.74) is 0.128. The van der Waals surface area contributed by atoms with E-state index in [0.29, 0.717) is 13.1 Å². The van der Waals surface area contributed by atoms with E-state index in [1.807, 2.05) is 30.3 Å². The molecule has 1 aromatic carbocycles. The molecule has 3 rings (SSSR count). The molecule has 7 heteroatoms. The van der Waals surface area contributed by atoms with Crippen molar-refractivity contribution in [2.45, 2.75) is 12.0 Å². The molecule has 1 aromatic heterocycles. The molecular formula is C13H14N4O3. The topological polar surface area (TPSA) is 89.3 Å². The zero-order valence-corrected chi connectivity index (χ0v) is 10.7. The Kier molecular flexibility index (Phi) is 3.11. The van der Waals surface area contributed by atoms with Gasteiger partial charge in [0.05, 0.1) is 12.1 Å². The van der Waals surface area contributed by atoms with Gasteiger partial charge in [-0.1, -0.05) is 18.2 Å². The molecule has 0 amide bonds. The number of aromatic nitrogens is 3. The lowest BCUT2D eigenvalue weighted by atomic mass is 9.93. The number of carboxylic acid groups (broad SMARTS) is 1. The quantitative estimate of drug-likeness (QED) is 0.823. The van der Waals surface area contributed by atoms with Crippen LogP contribution in [0.25, 0.3) is 5.69 Å². The molecule has 0 radical (unpaired) electrons. The van der Waals surface area contributed by atoms with Gasteiger partial charge in [-0.15, -0.1) is 5.10 Å². The molecule has 1 aliphatic rings. The van der Waals surface area contributed by atoms with Gasteiger partial charge in [-0.3, -0.25) is 4.79 Å². The first kappa shape index (κ1) is 12.6. The smallest absolute Gasteiger partial charge is 0.336 e. The second-order valence-electron chi connectivity index (χ2n) is 4.77. The summed E-state index contributed by atoms with van der Waals surface area (Å²) in [6, 6.07) is 9.71. The summed E-state index contributed by atoms with van der Waals surface area (Å²) in [6.07, 6.45) is 1.48. The Morgan fingerprint density at radius 2 is 2.15 bits per heavy atom. The van der Waals surface area contributed by atoms with Gasteiger partial charge in [0.2, 0.25) is 0 Å². The predicted octanol–water partition coefficient (Wildman–Crippen LogP) is 0.463. The largest absolute Gasteiger partial charge is 0.481 e. The van der Waals surface area contributed by atoms with Gasteiger partial charge >= 0.3 is 12.0 Å². The Morgan fingerprint density at radius 1 is 1.40 bits per heavy atom. The summed E-state index contributed by atoms with van der Waals surface area (Å²) in [5, 5.41) is 16.2. The number of rotatable bonds is 5. The normalized spacial score (nSPS) is 16.4. The maximum atomic E-state index is 10.9. The van der Waals surface area contributed by atoms with Crippen LogP contribution in [0.5, 0.6) is 6.01 Å². The van der Waals surface area contributed by atoms with Gasteiger partial charge in [0.25, 0.3) is 0 Å². The Hall–Kier alpha value is -2.41. The number of benzene rings is 1. The maximum Gasteiger partial charge on any atom is 0.336 e. The fourth-order valence-electron chi connectivity index (χ4n) is 2.11. The molecule has 2 aromatic rings. The first-order valence-corrected chi connectivity index (χ1v) is 6.26. The molecule has 0 atom stereocenters. The highest BCUT2D eigenvalue weighted by Crippen LogP contribution is 2.23. The fraction of sp³-hybridized carbons (Fsp3) is 0.308. The van der Waals surface area contributed by atoms with Crippen LogP contribution in [0.4, 0.5) is 0 Å². The number of ether oxygens (including phenoxy) is 1. The highest BCUT2D eigenvalue weighted by Gasteiger charge is 2.42. The molecule has 2 N–H and O–H groups in total. The van der Waals surface area contributed by atoms with Crippen LogP contribution in [-0.2, 0) is 4.79 Å². The first-order valence-electron chi connectivity index (χ1n) is 6.26. The minimum Gasteiger partial charge on any atom is -0.481 e. The second-order valence-corrected chi connectivity index (χ2v) is 4.77. The Morgan fingerprint density at radius 3 is 2.75 bits per heavy atom.